The summed E-state index contributed by atoms with van der Waals surface area (Å²) in [7, 11) is 0. The third-order valence-corrected chi connectivity index (χ3v) is 8.03. The molecule has 1 aromatic rings. The lowest BCUT2D eigenvalue weighted by Gasteiger charge is -2.55. The van der Waals surface area contributed by atoms with Gasteiger partial charge in [-0.3, -0.25) is 9.69 Å². The molecule has 4 nitrogen and oxygen atoms in total. The molecule has 1 amide bonds. The van der Waals surface area contributed by atoms with Gasteiger partial charge in [0.15, 0.2) is 0 Å². The van der Waals surface area contributed by atoms with E-state index in [0.29, 0.717) is 5.91 Å². The molecule has 4 saturated carbocycles. The van der Waals surface area contributed by atoms with Crippen molar-refractivity contribution >= 4 is 5.91 Å². The summed E-state index contributed by atoms with van der Waals surface area (Å²) in [6.07, 6.45) is 10.1. The van der Waals surface area contributed by atoms with Crippen LogP contribution in [-0.2, 0) is 9.53 Å². The molecule has 4 bridgehead atoms. The van der Waals surface area contributed by atoms with Crippen LogP contribution >= 0.6 is 0 Å². The van der Waals surface area contributed by atoms with Gasteiger partial charge in [0.2, 0.25) is 5.91 Å². The number of hydrogen-bond donors (Lipinski definition) is 1. The molecule has 1 saturated heterocycles. The van der Waals surface area contributed by atoms with Gasteiger partial charge in [0, 0.05) is 25.0 Å². The number of unbranched alkanes of at least 4 members (excludes halogenated alkanes) is 1. The fraction of sp³-hybridized carbons (Fsp3) is 0.720. The highest BCUT2D eigenvalue weighted by Gasteiger charge is 2.54. The van der Waals surface area contributed by atoms with Gasteiger partial charge in [-0.25, -0.2) is 0 Å². The fourth-order valence-electron chi connectivity index (χ4n) is 7.01. The van der Waals surface area contributed by atoms with Crippen molar-refractivity contribution in [3.63, 3.8) is 0 Å². The summed E-state index contributed by atoms with van der Waals surface area (Å²) >= 11 is 0. The van der Waals surface area contributed by atoms with E-state index >= 15 is 0 Å². The first kappa shape index (κ1) is 19.6. The van der Waals surface area contributed by atoms with Crippen LogP contribution in [0.5, 0.6) is 0 Å². The van der Waals surface area contributed by atoms with Crippen molar-refractivity contribution in [2.75, 3.05) is 32.8 Å². The van der Waals surface area contributed by atoms with E-state index in [-0.39, 0.29) is 11.5 Å². The van der Waals surface area contributed by atoms with Crippen LogP contribution in [-0.4, -0.2) is 43.6 Å². The minimum Gasteiger partial charge on any atom is -0.371 e. The number of carbonyl (C=O) groups is 1. The highest BCUT2D eigenvalue weighted by atomic mass is 16.5. The molecule has 1 N–H and O–H groups in total. The molecule has 1 aromatic carbocycles. The fourth-order valence-corrected chi connectivity index (χ4v) is 7.01. The number of morpholine rings is 1. The number of nitrogens with zero attached hydrogens (tertiary/aromatic N) is 1. The van der Waals surface area contributed by atoms with Gasteiger partial charge in [0.25, 0.3) is 0 Å². The lowest BCUT2D eigenvalue weighted by Crippen LogP contribution is -2.53. The largest absolute Gasteiger partial charge is 0.371 e. The topological polar surface area (TPSA) is 41.6 Å². The molecular formula is C25H36N2O2. The Kier molecular flexibility index (Phi) is 5.66. The summed E-state index contributed by atoms with van der Waals surface area (Å²) in [5.41, 5.74) is 1.28. The zero-order valence-electron chi connectivity index (χ0n) is 17.7. The van der Waals surface area contributed by atoms with Gasteiger partial charge >= 0.3 is 0 Å². The van der Waals surface area contributed by atoms with Crippen LogP contribution < -0.4 is 5.32 Å². The standard InChI is InChI=1S/C25H36N2O2/c28-24(25-15-19-12-20(16-25)14-21(13-19)17-25)26-8-4-5-9-27-10-11-29-23(18-27)22-6-2-1-3-7-22/h1-3,6-7,19-21,23H,4-5,8-18H2,(H,26,28). The first-order chi connectivity index (χ1) is 14.2. The number of hydrogen-bond acceptors (Lipinski definition) is 3. The second-order valence-electron chi connectivity index (χ2n) is 10.2. The van der Waals surface area contributed by atoms with E-state index in [1.54, 1.807) is 0 Å². The van der Waals surface area contributed by atoms with Gasteiger partial charge in [-0.15, -0.1) is 0 Å². The number of nitrogens with one attached hydrogen (secondary N) is 1. The molecule has 4 heteroatoms. The molecule has 0 radical (unpaired) electrons. The SMILES string of the molecule is O=C(NCCCCN1CCOC(c2ccccc2)C1)C12CC3CC(CC(C3)C1)C2. The highest BCUT2D eigenvalue weighted by molar-refractivity contribution is 5.83. The Bertz CT molecular complexity index is 669. The predicted molar refractivity (Wildman–Crippen MR) is 114 cm³/mol. The van der Waals surface area contributed by atoms with Gasteiger partial charge < -0.3 is 10.1 Å². The number of rotatable bonds is 7. The highest BCUT2D eigenvalue weighted by Crippen LogP contribution is 2.60. The molecule has 5 aliphatic rings. The number of carbonyl (C=O) groups excluding carboxylic acids is 1. The van der Waals surface area contributed by atoms with E-state index < -0.39 is 0 Å². The van der Waals surface area contributed by atoms with Gasteiger partial charge in [-0.1, -0.05) is 30.3 Å². The quantitative estimate of drug-likeness (QED) is 0.703. The average Bonchev–Trinajstić information content (AvgIpc) is 2.73. The Labute approximate surface area is 175 Å². The number of amides is 1. The van der Waals surface area contributed by atoms with E-state index in [2.05, 4.69) is 40.5 Å². The van der Waals surface area contributed by atoms with Crippen LogP contribution in [0.3, 0.4) is 0 Å². The minimum atomic E-state index is 0.00185. The average molecular weight is 397 g/mol. The van der Waals surface area contributed by atoms with Crippen LogP contribution in [0.4, 0.5) is 0 Å². The van der Waals surface area contributed by atoms with E-state index in [1.807, 2.05) is 0 Å². The second-order valence-corrected chi connectivity index (χ2v) is 10.2. The van der Waals surface area contributed by atoms with E-state index in [9.17, 15) is 4.79 Å². The Balaban J connectivity index is 1.03. The molecule has 1 unspecified atom stereocenters. The molecular weight excluding hydrogens is 360 g/mol. The maximum Gasteiger partial charge on any atom is 0.226 e. The molecule has 6 rings (SSSR count). The van der Waals surface area contributed by atoms with Crippen LogP contribution in [0.2, 0.25) is 0 Å². The van der Waals surface area contributed by atoms with E-state index in [4.69, 9.17) is 4.74 Å². The minimum absolute atomic E-state index is 0.00185. The zero-order valence-corrected chi connectivity index (χ0v) is 17.7. The van der Waals surface area contributed by atoms with Gasteiger partial charge in [-0.2, -0.15) is 0 Å². The molecule has 1 atom stereocenters. The second kappa shape index (κ2) is 8.39. The summed E-state index contributed by atoms with van der Waals surface area (Å²) in [6, 6.07) is 10.6. The van der Waals surface area contributed by atoms with Crippen molar-refractivity contribution < 1.29 is 9.53 Å². The third kappa shape index (κ3) is 4.25. The number of benzene rings is 1. The normalized spacial score (nSPS) is 36.3. The Morgan fingerprint density at radius 3 is 2.41 bits per heavy atom. The summed E-state index contributed by atoms with van der Waals surface area (Å²) in [4.78, 5) is 15.5. The smallest absolute Gasteiger partial charge is 0.226 e. The summed E-state index contributed by atoms with van der Waals surface area (Å²) in [5, 5.41) is 3.33. The molecule has 158 valence electrons. The molecule has 0 spiro atoms. The van der Waals surface area contributed by atoms with Crippen molar-refractivity contribution in [2.45, 2.75) is 57.5 Å². The van der Waals surface area contributed by atoms with Crippen LogP contribution in [0.25, 0.3) is 0 Å². The van der Waals surface area contributed by atoms with Gasteiger partial charge in [0.05, 0.1) is 12.7 Å². The molecule has 5 fully saturated rings. The van der Waals surface area contributed by atoms with Crippen molar-refractivity contribution in [2.24, 2.45) is 23.2 Å². The van der Waals surface area contributed by atoms with E-state index in [1.165, 1.54) is 44.1 Å². The monoisotopic (exact) mass is 396 g/mol. The lowest BCUT2D eigenvalue weighted by molar-refractivity contribution is -0.146. The summed E-state index contributed by atoms with van der Waals surface area (Å²) in [5.74, 6) is 2.90. The Morgan fingerprint density at radius 1 is 1.03 bits per heavy atom. The summed E-state index contributed by atoms with van der Waals surface area (Å²) < 4.78 is 5.97. The van der Waals surface area contributed by atoms with Crippen LogP contribution in [0, 0.1) is 23.2 Å². The first-order valence-corrected chi connectivity index (χ1v) is 11.9. The van der Waals surface area contributed by atoms with Crippen molar-refractivity contribution in [1.82, 2.24) is 10.2 Å². The van der Waals surface area contributed by atoms with Crippen molar-refractivity contribution in [3.8, 4) is 0 Å². The molecule has 1 heterocycles. The molecule has 0 aromatic heterocycles. The first-order valence-electron chi connectivity index (χ1n) is 11.9. The zero-order chi connectivity index (χ0) is 19.7. The summed E-state index contributed by atoms with van der Waals surface area (Å²) in [6.45, 7) is 4.74. The van der Waals surface area contributed by atoms with E-state index in [0.717, 1.165) is 63.4 Å². The van der Waals surface area contributed by atoms with Crippen molar-refractivity contribution in [3.05, 3.63) is 35.9 Å². The Morgan fingerprint density at radius 2 is 1.72 bits per heavy atom. The number of ether oxygens (including phenoxy) is 1. The maximum atomic E-state index is 13.0. The van der Waals surface area contributed by atoms with Gasteiger partial charge in [0.1, 0.15) is 0 Å². The maximum absolute atomic E-state index is 13.0. The van der Waals surface area contributed by atoms with Crippen LogP contribution in [0.1, 0.15) is 63.0 Å². The van der Waals surface area contributed by atoms with Gasteiger partial charge in [-0.05, 0) is 81.2 Å². The predicted octanol–water partition coefficient (Wildman–Crippen LogP) is 4.17. The molecule has 4 aliphatic carbocycles. The third-order valence-electron chi connectivity index (χ3n) is 8.03. The molecule has 29 heavy (non-hydrogen) atoms. The Hall–Kier alpha value is -1.39. The van der Waals surface area contributed by atoms with Crippen molar-refractivity contribution in [1.29, 1.82) is 0 Å². The molecule has 1 aliphatic heterocycles. The van der Waals surface area contributed by atoms with Crippen LogP contribution in [0.15, 0.2) is 30.3 Å². The lowest BCUT2D eigenvalue weighted by atomic mass is 9.49.